The maximum atomic E-state index is 11.8. The molecule has 2 heteroatoms. The number of methoxy groups -OCH3 is 1. The van der Waals surface area contributed by atoms with Gasteiger partial charge in [-0.3, -0.25) is 4.79 Å². The van der Waals surface area contributed by atoms with Gasteiger partial charge >= 0.3 is 5.97 Å². The van der Waals surface area contributed by atoms with Crippen molar-refractivity contribution in [3.05, 3.63) is 35.4 Å². The second-order valence-corrected chi connectivity index (χ2v) is 6.07. The van der Waals surface area contributed by atoms with Crippen LogP contribution in [0.1, 0.15) is 63.0 Å². The molecule has 0 N–H and O–H groups in total. The van der Waals surface area contributed by atoms with Crippen LogP contribution in [-0.2, 0) is 14.9 Å². The Labute approximate surface area is 116 Å². The summed E-state index contributed by atoms with van der Waals surface area (Å²) in [4.78, 5) is 11.8. The summed E-state index contributed by atoms with van der Waals surface area (Å²) in [5, 5.41) is 0. The van der Waals surface area contributed by atoms with Crippen molar-refractivity contribution in [2.75, 3.05) is 7.11 Å². The van der Waals surface area contributed by atoms with Crippen molar-refractivity contribution in [2.45, 2.75) is 57.3 Å². The van der Waals surface area contributed by atoms with E-state index in [1.54, 1.807) is 0 Å². The van der Waals surface area contributed by atoms with Crippen LogP contribution in [-0.4, -0.2) is 13.1 Å². The van der Waals surface area contributed by atoms with E-state index in [1.807, 2.05) is 13.8 Å². The zero-order valence-corrected chi connectivity index (χ0v) is 12.2. The van der Waals surface area contributed by atoms with E-state index in [0.29, 0.717) is 5.92 Å². The van der Waals surface area contributed by atoms with E-state index in [-0.39, 0.29) is 5.97 Å². The van der Waals surface area contributed by atoms with Gasteiger partial charge in [0, 0.05) is 0 Å². The summed E-state index contributed by atoms with van der Waals surface area (Å²) in [6, 6.07) is 8.55. The molecule has 1 saturated carbocycles. The van der Waals surface area contributed by atoms with E-state index in [0.717, 1.165) is 5.56 Å². The Balaban J connectivity index is 2.15. The number of benzene rings is 1. The van der Waals surface area contributed by atoms with Crippen LogP contribution >= 0.6 is 0 Å². The minimum absolute atomic E-state index is 0.182. The molecule has 0 spiro atoms. The Hall–Kier alpha value is -1.31. The van der Waals surface area contributed by atoms with E-state index < -0.39 is 5.41 Å². The van der Waals surface area contributed by atoms with Gasteiger partial charge in [0.25, 0.3) is 0 Å². The SMILES string of the molecule is COC(=O)C(C)(C)c1ccc(C2CCCCC2)cc1. The third-order valence-electron chi connectivity index (χ3n) is 4.40. The van der Waals surface area contributed by atoms with Gasteiger partial charge in [0.05, 0.1) is 12.5 Å². The van der Waals surface area contributed by atoms with Gasteiger partial charge in [0.2, 0.25) is 0 Å². The summed E-state index contributed by atoms with van der Waals surface area (Å²) in [7, 11) is 1.44. The van der Waals surface area contributed by atoms with Crippen LogP contribution in [0.3, 0.4) is 0 Å². The molecule has 0 atom stereocenters. The highest BCUT2D eigenvalue weighted by atomic mass is 16.5. The van der Waals surface area contributed by atoms with Crippen LogP contribution in [0.25, 0.3) is 0 Å². The molecule has 0 unspecified atom stereocenters. The molecule has 0 aliphatic heterocycles. The van der Waals surface area contributed by atoms with Crippen LogP contribution in [0, 0.1) is 0 Å². The lowest BCUT2D eigenvalue weighted by atomic mass is 9.81. The molecule has 1 aromatic rings. The molecule has 0 aromatic heterocycles. The lowest BCUT2D eigenvalue weighted by Crippen LogP contribution is -2.30. The monoisotopic (exact) mass is 260 g/mol. The standard InChI is InChI=1S/C17H24O2/c1-17(2,16(18)19-3)15-11-9-14(10-12-15)13-7-5-4-6-8-13/h9-13H,4-8H2,1-3H3. The Morgan fingerprint density at radius 1 is 1.11 bits per heavy atom. The van der Waals surface area contributed by atoms with Gasteiger partial charge < -0.3 is 4.74 Å². The molecule has 2 rings (SSSR count). The highest BCUT2D eigenvalue weighted by Gasteiger charge is 2.30. The summed E-state index contributed by atoms with van der Waals surface area (Å²) >= 11 is 0. The largest absolute Gasteiger partial charge is 0.468 e. The van der Waals surface area contributed by atoms with Crippen LogP contribution in [0.2, 0.25) is 0 Å². The van der Waals surface area contributed by atoms with Gasteiger partial charge in [-0.25, -0.2) is 0 Å². The maximum Gasteiger partial charge on any atom is 0.315 e. The fraction of sp³-hybridized carbons (Fsp3) is 0.588. The molecule has 104 valence electrons. The summed E-state index contributed by atoms with van der Waals surface area (Å²) in [6.45, 7) is 3.82. The van der Waals surface area contributed by atoms with Crippen LogP contribution in [0.4, 0.5) is 0 Å². The molecule has 0 amide bonds. The molecule has 0 radical (unpaired) electrons. The molecular weight excluding hydrogens is 236 g/mol. The second kappa shape index (κ2) is 5.77. The minimum Gasteiger partial charge on any atom is -0.468 e. The predicted molar refractivity (Wildman–Crippen MR) is 77.3 cm³/mol. The maximum absolute atomic E-state index is 11.8. The Morgan fingerprint density at radius 2 is 1.68 bits per heavy atom. The number of carbonyl (C=O) groups excluding carboxylic acids is 1. The highest BCUT2D eigenvalue weighted by Crippen LogP contribution is 2.34. The summed E-state index contributed by atoms with van der Waals surface area (Å²) < 4.78 is 4.88. The van der Waals surface area contributed by atoms with Crippen molar-refractivity contribution in [1.82, 2.24) is 0 Å². The quantitative estimate of drug-likeness (QED) is 0.762. The van der Waals surface area contributed by atoms with Crippen molar-refractivity contribution < 1.29 is 9.53 Å². The van der Waals surface area contributed by atoms with E-state index in [9.17, 15) is 4.79 Å². The van der Waals surface area contributed by atoms with Gasteiger partial charge in [-0.05, 0) is 43.7 Å². The Morgan fingerprint density at radius 3 is 2.21 bits per heavy atom. The molecule has 0 bridgehead atoms. The van der Waals surface area contributed by atoms with Crippen molar-refractivity contribution >= 4 is 5.97 Å². The molecule has 0 heterocycles. The van der Waals surface area contributed by atoms with Crippen molar-refractivity contribution in [3.63, 3.8) is 0 Å². The van der Waals surface area contributed by atoms with Crippen LogP contribution in [0.15, 0.2) is 24.3 Å². The van der Waals surface area contributed by atoms with E-state index in [4.69, 9.17) is 4.74 Å². The summed E-state index contributed by atoms with van der Waals surface area (Å²) in [6.07, 6.45) is 6.68. The summed E-state index contributed by atoms with van der Waals surface area (Å²) in [5.74, 6) is 0.530. The number of carbonyl (C=O) groups is 1. The fourth-order valence-electron chi connectivity index (χ4n) is 2.98. The van der Waals surface area contributed by atoms with Gasteiger partial charge in [-0.1, -0.05) is 43.5 Å². The van der Waals surface area contributed by atoms with E-state index in [2.05, 4.69) is 24.3 Å². The third kappa shape index (κ3) is 2.99. The average Bonchev–Trinajstić information content (AvgIpc) is 2.47. The number of hydrogen-bond donors (Lipinski definition) is 0. The predicted octanol–water partition coefficient (Wildman–Crippen LogP) is 4.18. The normalized spacial score (nSPS) is 17.2. The zero-order valence-electron chi connectivity index (χ0n) is 12.2. The summed E-state index contributed by atoms with van der Waals surface area (Å²) in [5.41, 5.74) is 1.88. The smallest absolute Gasteiger partial charge is 0.315 e. The first-order chi connectivity index (χ1) is 9.05. The van der Waals surface area contributed by atoms with Crippen molar-refractivity contribution in [2.24, 2.45) is 0 Å². The molecular formula is C17H24O2. The van der Waals surface area contributed by atoms with Crippen LogP contribution < -0.4 is 0 Å². The third-order valence-corrected chi connectivity index (χ3v) is 4.40. The molecule has 19 heavy (non-hydrogen) atoms. The first-order valence-corrected chi connectivity index (χ1v) is 7.24. The van der Waals surface area contributed by atoms with E-state index >= 15 is 0 Å². The minimum atomic E-state index is -0.570. The first-order valence-electron chi connectivity index (χ1n) is 7.24. The average molecular weight is 260 g/mol. The Bertz CT molecular complexity index is 425. The first kappa shape index (κ1) is 14.1. The second-order valence-electron chi connectivity index (χ2n) is 6.07. The van der Waals surface area contributed by atoms with Crippen LogP contribution in [0.5, 0.6) is 0 Å². The molecule has 1 aliphatic rings. The zero-order chi connectivity index (χ0) is 13.9. The topological polar surface area (TPSA) is 26.3 Å². The number of ether oxygens (including phenoxy) is 1. The molecule has 0 saturated heterocycles. The van der Waals surface area contributed by atoms with Crippen molar-refractivity contribution in [3.8, 4) is 0 Å². The van der Waals surface area contributed by atoms with Gasteiger partial charge in [0.15, 0.2) is 0 Å². The van der Waals surface area contributed by atoms with Gasteiger partial charge in [0.1, 0.15) is 0 Å². The molecule has 1 aromatic carbocycles. The lowest BCUT2D eigenvalue weighted by Gasteiger charge is -2.25. The molecule has 2 nitrogen and oxygen atoms in total. The number of hydrogen-bond acceptors (Lipinski definition) is 2. The number of rotatable bonds is 3. The fourth-order valence-corrected chi connectivity index (χ4v) is 2.98. The van der Waals surface area contributed by atoms with Gasteiger partial charge in [-0.15, -0.1) is 0 Å². The highest BCUT2D eigenvalue weighted by molar-refractivity contribution is 5.82. The number of esters is 1. The van der Waals surface area contributed by atoms with Crippen molar-refractivity contribution in [1.29, 1.82) is 0 Å². The molecule has 1 fully saturated rings. The molecule has 1 aliphatic carbocycles. The lowest BCUT2D eigenvalue weighted by molar-refractivity contribution is -0.146. The van der Waals surface area contributed by atoms with Gasteiger partial charge in [-0.2, -0.15) is 0 Å². The van der Waals surface area contributed by atoms with E-state index in [1.165, 1.54) is 44.8 Å². The Kier molecular flexibility index (Phi) is 4.28.